The third-order valence-corrected chi connectivity index (χ3v) is 6.27. The van der Waals surface area contributed by atoms with Gasteiger partial charge in [0.1, 0.15) is 16.7 Å². The number of pyridine rings is 4. The van der Waals surface area contributed by atoms with Crippen molar-refractivity contribution in [3.63, 3.8) is 0 Å². The molecule has 202 valence electrons. The highest BCUT2D eigenvalue weighted by Gasteiger charge is 2.40. The first-order valence-electron chi connectivity index (χ1n) is 9.88. The van der Waals surface area contributed by atoms with Crippen LogP contribution in [0.4, 0.5) is 26.3 Å². The third-order valence-electron chi connectivity index (χ3n) is 4.71. The Morgan fingerprint density at radius 2 is 1.13 bits per heavy atom. The molecule has 4 heterocycles. The molecule has 9 nitrogen and oxygen atoms in total. The van der Waals surface area contributed by atoms with Crippen LogP contribution >= 0.6 is 31.9 Å². The third kappa shape index (κ3) is 6.03. The smallest absolute Gasteiger partial charge is 0.491 e. The second kappa shape index (κ2) is 11.0. The fraction of sp³-hybridized carbons (Fsp3) is 0.200. The number of ether oxygens (including phenoxy) is 2. The van der Waals surface area contributed by atoms with Crippen LogP contribution in [0.1, 0.15) is 11.4 Å². The Balaban J connectivity index is 0.000000212. The molecule has 0 aromatic carbocycles. The SMILES string of the molecule is COc1ccc2nc(C(F)(F)F)c(B(O)O)c(Br)c2n1.COc1ccc2nc(C(F)(F)F)c(O)c(Br)c2n1. The van der Waals surface area contributed by atoms with Gasteiger partial charge in [-0.15, -0.1) is 0 Å². The van der Waals surface area contributed by atoms with Crippen molar-refractivity contribution in [3.05, 3.63) is 44.6 Å². The zero-order valence-electron chi connectivity index (χ0n) is 18.9. The lowest BCUT2D eigenvalue weighted by atomic mass is 9.78. The number of aromatic nitrogens is 4. The summed E-state index contributed by atoms with van der Waals surface area (Å²) in [5.74, 6) is -0.613. The molecule has 0 radical (unpaired) electrons. The van der Waals surface area contributed by atoms with Crippen molar-refractivity contribution in [3.8, 4) is 17.5 Å². The van der Waals surface area contributed by atoms with Crippen LogP contribution in [0.5, 0.6) is 17.5 Å². The van der Waals surface area contributed by atoms with E-state index in [4.69, 9.17) is 19.5 Å². The van der Waals surface area contributed by atoms with Gasteiger partial charge in [-0.05, 0) is 44.0 Å². The molecule has 0 aliphatic heterocycles. The second-order valence-corrected chi connectivity index (χ2v) is 8.71. The van der Waals surface area contributed by atoms with Crippen LogP contribution in [0.25, 0.3) is 22.1 Å². The van der Waals surface area contributed by atoms with Crippen molar-refractivity contribution in [1.82, 2.24) is 19.9 Å². The lowest BCUT2D eigenvalue weighted by molar-refractivity contribution is -0.142. The van der Waals surface area contributed by atoms with E-state index in [1.807, 2.05) is 0 Å². The van der Waals surface area contributed by atoms with Crippen molar-refractivity contribution in [1.29, 1.82) is 0 Å². The minimum absolute atomic E-state index is 0.00722. The van der Waals surface area contributed by atoms with Crippen molar-refractivity contribution in [2.45, 2.75) is 12.4 Å². The Morgan fingerprint density at radius 1 is 0.711 bits per heavy atom. The summed E-state index contributed by atoms with van der Waals surface area (Å²) in [7, 11) is 0.381. The van der Waals surface area contributed by atoms with E-state index < -0.39 is 42.1 Å². The Hall–Kier alpha value is -2.96. The minimum atomic E-state index is -4.82. The largest absolute Gasteiger partial charge is 0.505 e. The van der Waals surface area contributed by atoms with Gasteiger partial charge in [-0.2, -0.15) is 26.3 Å². The van der Waals surface area contributed by atoms with Gasteiger partial charge in [0.25, 0.3) is 0 Å². The Morgan fingerprint density at radius 3 is 1.53 bits per heavy atom. The average molecular weight is 674 g/mol. The highest BCUT2D eigenvalue weighted by Crippen LogP contribution is 2.41. The maximum atomic E-state index is 12.9. The summed E-state index contributed by atoms with van der Waals surface area (Å²) >= 11 is 5.79. The number of hydrogen-bond acceptors (Lipinski definition) is 9. The number of nitrogens with zero attached hydrogens (tertiary/aromatic N) is 4. The van der Waals surface area contributed by atoms with E-state index in [9.17, 15) is 31.4 Å². The van der Waals surface area contributed by atoms with Crippen LogP contribution in [-0.2, 0) is 12.4 Å². The van der Waals surface area contributed by atoms with Crippen molar-refractivity contribution in [2.24, 2.45) is 0 Å². The second-order valence-electron chi connectivity index (χ2n) is 7.12. The molecular weight excluding hydrogens is 661 g/mol. The molecule has 0 spiro atoms. The minimum Gasteiger partial charge on any atom is -0.505 e. The first-order chi connectivity index (χ1) is 17.6. The monoisotopic (exact) mass is 672 g/mol. The maximum Gasteiger partial charge on any atom is 0.491 e. The molecule has 0 saturated carbocycles. The predicted molar refractivity (Wildman–Crippen MR) is 129 cm³/mol. The number of methoxy groups -OCH3 is 2. The van der Waals surface area contributed by atoms with E-state index in [1.165, 1.54) is 38.5 Å². The van der Waals surface area contributed by atoms with Crippen molar-refractivity contribution in [2.75, 3.05) is 14.2 Å². The fourth-order valence-corrected chi connectivity index (χ4v) is 4.21. The topological polar surface area (TPSA) is 131 Å². The van der Waals surface area contributed by atoms with Crippen LogP contribution in [0, 0.1) is 0 Å². The number of hydrogen-bond donors (Lipinski definition) is 3. The van der Waals surface area contributed by atoms with Crippen molar-refractivity contribution < 1.29 is 51.0 Å². The van der Waals surface area contributed by atoms with Crippen LogP contribution in [0.15, 0.2) is 33.2 Å². The lowest BCUT2D eigenvalue weighted by Crippen LogP contribution is -2.38. The first-order valence-corrected chi connectivity index (χ1v) is 11.5. The molecule has 0 unspecified atom stereocenters. The average Bonchev–Trinajstić information content (AvgIpc) is 2.84. The Labute approximate surface area is 225 Å². The first kappa shape index (κ1) is 29.6. The van der Waals surface area contributed by atoms with E-state index in [0.717, 1.165) is 0 Å². The highest BCUT2D eigenvalue weighted by atomic mass is 79.9. The van der Waals surface area contributed by atoms with Crippen molar-refractivity contribution >= 4 is 66.5 Å². The summed E-state index contributed by atoms with van der Waals surface area (Å²) in [6.45, 7) is 0. The summed E-state index contributed by atoms with van der Waals surface area (Å²) in [5.41, 5.74) is -3.42. The van der Waals surface area contributed by atoms with Gasteiger partial charge in [-0.3, -0.25) is 0 Å². The number of alkyl halides is 6. The molecule has 0 atom stereocenters. The molecule has 0 saturated heterocycles. The van der Waals surface area contributed by atoms with Gasteiger partial charge in [0, 0.05) is 22.1 Å². The molecule has 0 amide bonds. The maximum absolute atomic E-state index is 12.9. The summed E-state index contributed by atoms with van der Waals surface area (Å²) in [5, 5.41) is 27.8. The molecule has 4 rings (SSSR count). The van der Waals surface area contributed by atoms with E-state index >= 15 is 0 Å². The quantitative estimate of drug-likeness (QED) is 0.216. The van der Waals surface area contributed by atoms with Gasteiger partial charge in [-0.1, -0.05) is 0 Å². The highest BCUT2D eigenvalue weighted by molar-refractivity contribution is 9.11. The summed E-state index contributed by atoms with van der Waals surface area (Å²) < 4.78 is 85.9. The number of rotatable bonds is 3. The van der Waals surface area contributed by atoms with E-state index in [-0.39, 0.29) is 42.8 Å². The number of fused-ring (bicyclic) bond motifs is 2. The molecule has 0 aliphatic rings. The normalized spacial score (nSPS) is 11.8. The van der Waals surface area contributed by atoms with Gasteiger partial charge in [0.2, 0.25) is 11.8 Å². The molecule has 3 N–H and O–H groups in total. The van der Waals surface area contributed by atoms with E-state index in [2.05, 4.69) is 51.8 Å². The van der Waals surface area contributed by atoms with Crippen LogP contribution in [0.3, 0.4) is 0 Å². The van der Waals surface area contributed by atoms with Gasteiger partial charge >= 0.3 is 19.5 Å². The van der Waals surface area contributed by atoms with Gasteiger partial charge < -0.3 is 24.6 Å². The number of halogens is 8. The zero-order valence-corrected chi connectivity index (χ0v) is 22.0. The van der Waals surface area contributed by atoms with E-state index in [1.54, 1.807) is 0 Å². The molecular formula is C20H13BBr2F6N4O5. The molecule has 4 aromatic rings. The van der Waals surface area contributed by atoms with Crippen LogP contribution in [-0.4, -0.2) is 56.4 Å². The van der Waals surface area contributed by atoms with Gasteiger partial charge in [-0.25, -0.2) is 19.9 Å². The fourth-order valence-electron chi connectivity index (χ4n) is 3.05. The van der Waals surface area contributed by atoms with Gasteiger partial charge in [0.05, 0.1) is 29.7 Å². The molecule has 18 heteroatoms. The van der Waals surface area contributed by atoms with Crippen LogP contribution in [0.2, 0.25) is 0 Å². The predicted octanol–water partition coefficient (Wildman–Crippen LogP) is 4.22. The zero-order chi connectivity index (χ0) is 28.6. The summed E-state index contributed by atoms with van der Waals surface area (Å²) in [4.78, 5) is 14.6. The standard InChI is InChI=1S/C10H7BBrF3N2O3.C10H6BrF3N2O2/c1-20-5-3-2-4-8(17-5)7(12)6(11(18)19)9(16-4)10(13,14)15;1-18-5-3-2-4-7(16-5)6(11)8(17)9(15-4)10(12,13)14/h2-3,18-19H,1H3;2-3,17H,1H3. The van der Waals surface area contributed by atoms with Gasteiger partial charge in [0.15, 0.2) is 11.4 Å². The molecule has 0 bridgehead atoms. The van der Waals surface area contributed by atoms with E-state index in [0.29, 0.717) is 0 Å². The Bertz CT molecular complexity index is 1510. The summed E-state index contributed by atoms with van der Waals surface area (Å²) in [6, 6.07) is 5.38. The molecule has 38 heavy (non-hydrogen) atoms. The number of aromatic hydroxyl groups is 1. The Kier molecular flexibility index (Phi) is 8.59. The summed E-state index contributed by atoms with van der Waals surface area (Å²) in [6.07, 6.45) is -9.56. The molecule has 4 aromatic heterocycles. The molecule has 0 aliphatic carbocycles. The molecule has 0 fully saturated rings. The lowest BCUT2D eigenvalue weighted by Gasteiger charge is -2.15. The van der Waals surface area contributed by atoms with Crippen LogP contribution < -0.4 is 14.9 Å².